The van der Waals surface area contributed by atoms with Crippen molar-refractivity contribution >= 4 is 28.1 Å². The first-order valence-corrected chi connectivity index (χ1v) is 9.21. The number of rotatable bonds is 4. The lowest BCUT2D eigenvalue weighted by atomic mass is 9.88. The third kappa shape index (κ3) is 4.26. The molecule has 1 aliphatic rings. The summed E-state index contributed by atoms with van der Waals surface area (Å²) in [6, 6.07) is 11.2. The number of anilines is 1. The minimum atomic E-state index is -3.63. The molecule has 24 heavy (non-hydrogen) atoms. The second-order valence-corrected chi connectivity index (χ2v) is 7.63. The van der Waals surface area contributed by atoms with Crippen molar-refractivity contribution in [3.05, 3.63) is 65.0 Å². The maximum absolute atomic E-state index is 13.7. The Morgan fingerprint density at radius 1 is 1.21 bits per heavy atom. The molecule has 2 aromatic carbocycles. The van der Waals surface area contributed by atoms with Crippen LogP contribution >= 0.6 is 12.4 Å². The van der Waals surface area contributed by atoms with Gasteiger partial charge in [0, 0.05) is 17.3 Å². The normalized spacial score (nSPS) is 17.0. The third-order valence-electron chi connectivity index (χ3n) is 4.11. The van der Waals surface area contributed by atoms with E-state index in [1.807, 2.05) is 12.1 Å². The number of nitrogen functional groups attached to an aromatic ring is 1. The molecule has 1 unspecified atom stereocenters. The van der Waals surface area contributed by atoms with Crippen molar-refractivity contribution in [2.75, 3.05) is 5.73 Å². The Morgan fingerprint density at radius 3 is 2.71 bits per heavy atom. The first-order chi connectivity index (χ1) is 10.9. The predicted molar refractivity (Wildman–Crippen MR) is 95.9 cm³/mol. The molecule has 3 rings (SSSR count). The van der Waals surface area contributed by atoms with Gasteiger partial charge in [-0.3, -0.25) is 0 Å². The lowest BCUT2D eigenvalue weighted by Crippen LogP contribution is -2.32. The van der Waals surface area contributed by atoms with E-state index in [1.165, 1.54) is 12.1 Å². The van der Waals surface area contributed by atoms with Crippen LogP contribution in [0.25, 0.3) is 0 Å². The van der Waals surface area contributed by atoms with Crippen LogP contribution in [0.2, 0.25) is 0 Å². The van der Waals surface area contributed by atoms with E-state index in [-0.39, 0.29) is 29.8 Å². The second-order valence-electron chi connectivity index (χ2n) is 5.87. The van der Waals surface area contributed by atoms with Crippen LogP contribution in [0, 0.1) is 5.82 Å². The molecule has 2 aromatic rings. The van der Waals surface area contributed by atoms with Gasteiger partial charge in [-0.05, 0) is 48.6 Å². The van der Waals surface area contributed by atoms with Gasteiger partial charge < -0.3 is 5.73 Å². The fourth-order valence-electron chi connectivity index (χ4n) is 3.04. The van der Waals surface area contributed by atoms with Gasteiger partial charge >= 0.3 is 0 Å². The number of benzene rings is 2. The second kappa shape index (κ2) is 7.51. The maximum atomic E-state index is 13.7. The van der Waals surface area contributed by atoms with Gasteiger partial charge in [0.1, 0.15) is 5.82 Å². The van der Waals surface area contributed by atoms with E-state index in [1.54, 1.807) is 18.2 Å². The molecule has 1 atom stereocenters. The van der Waals surface area contributed by atoms with Crippen LogP contribution in [0.15, 0.2) is 42.5 Å². The van der Waals surface area contributed by atoms with Crippen LogP contribution < -0.4 is 10.5 Å². The van der Waals surface area contributed by atoms with E-state index < -0.39 is 15.8 Å². The number of nitrogens with one attached hydrogen (secondary N) is 1. The van der Waals surface area contributed by atoms with Crippen LogP contribution in [0.1, 0.15) is 35.6 Å². The van der Waals surface area contributed by atoms with Gasteiger partial charge in [0.25, 0.3) is 0 Å². The predicted octanol–water partition coefficient (Wildman–Crippen LogP) is 3.33. The van der Waals surface area contributed by atoms with Crippen molar-refractivity contribution in [2.45, 2.75) is 31.1 Å². The molecule has 130 valence electrons. The summed E-state index contributed by atoms with van der Waals surface area (Å²) in [6.07, 6.45) is 2.52. The van der Waals surface area contributed by atoms with Gasteiger partial charge in [0.2, 0.25) is 10.0 Å². The van der Waals surface area contributed by atoms with Gasteiger partial charge in [-0.25, -0.2) is 17.5 Å². The molecule has 0 saturated heterocycles. The molecule has 1 aliphatic carbocycles. The zero-order valence-electron chi connectivity index (χ0n) is 13.0. The average Bonchev–Trinajstić information content (AvgIpc) is 2.49. The highest BCUT2D eigenvalue weighted by Gasteiger charge is 2.25. The summed E-state index contributed by atoms with van der Waals surface area (Å²) in [6.45, 7) is 0. The lowest BCUT2D eigenvalue weighted by Gasteiger charge is -2.26. The van der Waals surface area contributed by atoms with Crippen LogP contribution in [0.3, 0.4) is 0 Å². The van der Waals surface area contributed by atoms with Crippen LogP contribution in [0.5, 0.6) is 0 Å². The summed E-state index contributed by atoms with van der Waals surface area (Å²) in [5, 5.41) is 0. The van der Waals surface area contributed by atoms with Crippen molar-refractivity contribution < 1.29 is 12.8 Å². The van der Waals surface area contributed by atoms with E-state index >= 15 is 0 Å². The number of fused-ring (bicyclic) bond motifs is 1. The van der Waals surface area contributed by atoms with Crippen LogP contribution in [-0.4, -0.2) is 8.42 Å². The monoisotopic (exact) mass is 370 g/mol. The summed E-state index contributed by atoms with van der Waals surface area (Å²) in [5.74, 6) is -0.866. The highest BCUT2D eigenvalue weighted by atomic mass is 35.5. The minimum Gasteiger partial charge on any atom is -0.399 e. The van der Waals surface area contributed by atoms with E-state index in [9.17, 15) is 12.8 Å². The SMILES string of the molecule is Cl.Nc1ccc2c(c1)CCCC2NS(=O)(=O)Cc1ccccc1F. The quantitative estimate of drug-likeness (QED) is 0.811. The number of sulfonamides is 1. The smallest absolute Gasteiger partial charge is 0.216 e. The number of hydrogen-bond donors (Lipinski definition) is 2. The molecule has 3 N–H and O–H groups in total. The minimum absolute atomic E-state index is 0. The first-order valence-electron chi connectivity index (χ1n) is 7.56. The standard InChI is InChI=1S/C17H19FN2O2S.ClH/c18-16-6-2-1-4-13(16)11-23(21,22)20-17-7-3-5-12-10-14(19)8-9-15(12)17;/h1-2,4,6,8-10,17,20H,3,5,7,11,19H2;1H. The molecule has 0 aliphatic heterocycles. The molecule has 0 amide bonds. The van der Waals surface area contributed by atoms with E-state index in [0.717, 1.165) is 30.4 Å². The zero-order valence-corrected chi connectivity index (χ0v) is 14.7. The molecule has 4 nitrogen and oxygen atoms in total. The van der Waals surface area contributed by atoms with E-state index in [0.29, 0.717) is 5.69 Å². The molecular weight excluding hydrogens is 351 g/mol. The number of nitrogens with two attached hydrogens (primary N) is 1. The highest BCUT2D eigenvalue weighted by Crippen LogP contribution is 2.31. The molecule has 0 fully saturated rings. The fourth-order valence-corrected chi connectivity index (χ4v) is 4.44. The van der Waals surface area contributed by atoms with Gasteiger partial charge in [-0.15, -0.1) is 12.4 Å². The largest absolute Gasteiger partial charge is 0.399 e. The Bertz CT molecular complexity index is 827. The first kappa shape index (κ1) is 18.7. The molecule has 0 aromatic heterocycles. The lowest BCUT2D eigenvalue weighted by molar-refractivity contribution is 0.506. The molecule has 0 radical (unpaired) electrons. The Hall–Kier alpha value is -1.63. The fraction of sp³-hybridized carbons (Fsp3) is 0.294. The Balaban J connectivity index is 0.00000208. The molecule has 0 saturated carbocycles. The topological polar surface area (TPSA) is 72.2 Å². The summed E-state index contributed by atoms with van der Waals surface area (Å²) in [5.41, 5.74) is 8.69. The molecular formula is C17H20ClFN2O2S. The maximum Gasteiger partial charge on any atom is 0.216 e. The molecule has 7 heteroatoms. The average molecular weight is 371 g/mol. The third-order valence-corrected chi connectivity index (χ3v) is 5.44. The summed E-state index contributed by atoms with van der Waals surface area (Å²) >= 11 is 0. The van der Waals surface area contributed by atoms with Gasteiger partial charge in [-0.2, -0.15) is 0 Å². The zero-order chi connectivity index (χ0) is 16.4. The summed E-state index contributed by atoms with van der Waals surface area (Å²) < 4.78 is 41.2. The Kier molecular flexibility index (Phi) is 5.85. The van der Waals surface area contributed by atoms with E-state index in [4.69, 9.17) is 5.73 Å². The van der Waals surface area contributed by atoms with Gasteiger partial charge in [0.05, 0.1) is 5.75 Å². The van der Waals surface area contributed by atoms with E-state index in [2.05, 4.69) is 4.72 Å². The number of aryl methyl sites for hydroxylation is 1. The Morgan fingerprint density at radius 2 is 1.96 bits per heavy atom. The molecule has 0 heterocycles. The Labute approximate surface area is 147 Å². The van der Waals surface area contributed by atoms with Crippen molar-refractivity contribution in [3.8, 4) is 0 Å². The summed E-state index contributed by atoms with van der Waals surface area (Å²) in [4.78, 5) is 0. The summed E-state index contributed by atoms with van der Waals surface area (Å²) in [7, 11) is -3.63. The van der Waals surface area contributed by atoms with Gasteiger partial charge in [-0.1, -0.05) is 24.3 Å². The van der Waals surface area contributed by atoms with Crippen molar-refractivity contribution in [1.29, 1.82) is 0 Å². The van der Waals surface area contributed by atoms with Crippen molar-refractivity contribution in [2.24, 2.45) is 0 Å². The number of halogens is 2. The van der Waals surface area contributed by atoms with Crippen molar-refractivity contribution in [3.63, 3.8) is 0 Å². The number of hydrogen-bond acceptors (Lipinski definition) is 3. The molecule has 0 bridgehead atoms. The van der Waals surface area contributed by atoms with Gasteiger partial charge in [0.15, 0.2) is 0 Å². The van der Waals surface area contributed by atoms with Crippen LogP contribution in [-0.2, 0) is 22.2 Å². The highest BCUT2D eigenvalue weighted by molar-refractivity contribution is 7.88. The molecule has 0 spiro atoms. The van der Waals surface area contributed by atoms with Crippen LogP contribution in [0.4, 0.5) is 10.1 Å². The van der Waals surface area contributed by atoms with Crippen molar-refractivity contribution in [1.82, 2.24) is 4.72 Å².